The molecule has 0 aliphatic carbocycles. The van der Waals surface area contributed by atoms with E-state index in [0.717, 1.165) is 17.2 Å². The van der Waals surface area contributed by atoms with Gasteiger partial charge in [0.25, 0.3) is 10.1 Å². The minimum Gasteiger partial charge on any atom is -0.481 e. The predicted octanol–water partition coefficient (Wildman–Crippen LogP) is 5.56. The van der Waals surface area contributed by atoms with Gasteiger partial charge in [-0.25, -0.2) is 9.78 Å². The Morgan fingerprint density at radius 2 is 1.61 bits per heavy atom. The summed E-state index contributed by atoms with van der Waals surface area (Å²) in [5.41, 5.74) is 9.21. The summed E-state index contributed by atoms with van der Waals surface area (Å²) < 4.78 is 32.0. The second-order valence-corrected chi connectivity index (χ2v) is 11.6. The molecule has 10 nitrogen and oxygen atoms in total. The molecule has 1 aromatic heterocycles. The number of amides is 2. The molecule has 41 heavy (non-hydrogen) atoms. The first-order valence-corrected chi connectivity index (χ1v) is 15.1. The lowest BCUT2D eigenvalue weighted by Gasteiger charge is -2.26. The van der Waals surface area contributed by atoms with Crippen molar-refractivity contribution in [3.05, 3.63) is 95.4 Å². The number of hydrogen-bond donors (Lipinski definition) is 4. The molecule has 0 fully saturated rings. The van der Waals surface area contributed by atoms with E-state index >= 15 is 0 Å². The van der Waals surface area contributed by atoms with Crippen molar-refractivity contribution in [2.45, 2.75) is 30.1 Å². The van der Waals surface area contributed by atoms with Crippen molar-refractivity contribution in [1.82, 2.24) is 9.88 Å². The zero-order valence-electron chi connectivity index (χ0n) is 22.0. The number of nitrogens with two attached hydrogens (primary N) is 1. The van der Waals surface area contributed by atoms with Crippen molar-refractivity contribution in [3.8, 4) is 11.3 Å². The molecular weight excluding hydrogens is 564 g/mol. The molecule has 0 aliphatic rings. The average Bonchev–Trinajstić information content (AvgIpc) is 3.40. The van der Waals surface area contributed by atoms with Crippen molar-refractivity contribution in [1.29, 1.82) is 0 Å². The fourth-order valence-electron chi connectivity index (χ4n) is 4.48. The molecule has 0 radical (unpaired) electrons. The van der Waals surface area contributed by atoms with Crippen LogP contribution in [-0.4, -0.2) is 53.1 Å². The molecule has 0 atom stereocenters. The van der Waals surface area contributed by atoms with E-state index in [9.17, 15) is 22.6 Å². The number of benzene rings is 3. The van der Waals surface area contributed by atoms with E-state index in [1.165, 1.54) is 23.5 Å². The standard InChI is InChI=1S/C29H30N4O6S2/c30-25-18-22(41(37,38)39)13-14-24(25)26-19-40-28(31-26)32-29(36)33(16-7-12-27(34)35)17-15-23(20-8-3-1-4-9-20)21-10-5-2-6-11-21/h1-6,8-11,13-14,18-19,23H,7,12,15-17,30H2,(H,34,35)(H,31,32,36)(H,37,38,39). The number of carboxylic acids is 1. The summed E-state index contributed by atoms with van der Waals surface area (Å²) in [5.74, 6) is -0.897. The number of nitrogen functional groups attached to an aromatic ring is 1. The summed E-state index contributed by atoms with van der Waals surface area (Å²) in [7, 11) is -4.40. The zero-order chi connectivity index (χ0) is 29.4. The van der Waals surface area contributed by atoms with Gasteiger partial charge in [0.2, 0.25) is 0 Å². The molecule has 0 saturated heterocycles. The minimum absolute atomic E-state index is 0.0346. The highest BCUT2D eigenvalue weighted by Gasteiger charge is 2.21. The first-order valence-electron chi connectivity index (χ1n) is 12.8. The summed E-state index contributed by atoms with van der Waals surface area (Å²) in [4.78, 5) is 30.2. The van der Waals surface area contributed by atoms with E-state index in [1.807, 2.05) is 36.4 Å². The van der Waals surface area contributed by atoms with Crippen molar-refractivity contribution >= 4 is 44.3 Å². The Balaban J connectivity index is 1.50. The number of nitrogens with one attached hydrogen (secondary N) is 1. The van der Waals surface area contributed by atoms with E-state index in [1.54, 1.807) is 10.3 Å². The first kappa shape index (κ1) is 29.7. The highest BCUT2D eigenvalue weighted by molar-refractivity contribution is 7.85. The van der Waals surface area contributed by atoms with Gasteiger partial charge in [0, 0.05) is 42.1 Å². The number of carboxylic acid groups (broad SMARTS) is 1. The summed E-state index contributed by atoms with van der Waals surface area (Å²) in [5, 5.41) is 13.9. The fourth-order valence-corrected chi connectivity index (χ4v) is 5.69. The number of aromatic nitrogens is 1. The van der Waals surface area contributed by atoms with Crippen LogP contribution >= 0.6 is 11.3 Å². The highest BCUT2D eigenvalue weighted by atomic mass is 32.2. The van der Waals surface area contributed by atoms with Gasteiger partial charge in [-0.3, -0.25) is 14.7 Å². The van der Waals surface area contributed by atoms with Crippen LogP contribution in [0, 0.1) is 0 Å². The van der Waals surface area contributed by atoms with Gasteiger partial charge in [0.15, 0.2) is 5.13 Å². The number of nitrogens with zero attached hydrogens (tertiary/aromatic N) is 2. The van der Waals surface area contributed by atoms with Gasteiger partial charge < -0.3 is 15.7 Å². The van der Waals surface area contributed by atoms with Crippen LogP contribution in [-0.2, 0) is 14.9 Å². The first-order chi connectivity index (χ1) is 19.6. The average molecular weight is 595 g/mol. The SMILES string of the molecule is Nc1cc(S(=O)(=O)O)ccc1-c1csc(NC(=O)N(CCCC(=O)O)CCC(c2ccccc2)c2ccccc2)n1. The number of rotatable bonds is 12. The number of thiazole rings is 1. The summed E-state index contributed by atoms with van der Waals surface area (Å²) in [6.45, 7) is 0.624. The number of carbonyl (C=O) groups is 2. The Morgan fingerprint density at radius 3 is 2.17 bits per heavy atom. The fraction of sp³-hybridized carbons (Fsp3) is 0.207. The van der Waals surface area contributed by atoms with Gasteiger partial charge in [-0.05, 0) is 42.2 Å². The van der Waals surface area contributed by atoms with Crippen LogP contribution < -0.4 is 11.1 Å². The van der Waals surface area contributed by atoms with Gasteiger partial charge in [-0.2, -0.15) is 8.42 Å². The van der Waals surface area contributed by atoms with Crippen LogP contribution in [0.15, 0.2) is 89.1 Å². The Hall–Kier alpha value is -4.26. The monoisotopic (exact) mass is 594 g/mol. The Labute approximate surface area is 242 Å². The summed E-state index contributed by atoms with van der Waals surface area (Å²) in [6.07, 6.45) is 0.850. The van der Waals surface area contributed by atoms with Gasteiger partial charge in [0.1, 0.15) is 0 Å². The maximum atomic E-state index is 13.4. The molecule has 2 amide bonds. The van der Waals surface area contributed by atoms with Gasteiger partial charge >= 0.3 is 12.0 Å². The smallest absolute Gasteiger partial charge is 0.323 e. The Bertz CT molecular complexity index is 1550. The quantitative estimate of drug-likeness (QED) is 0.122. The van der Waals surface area contributed by atoms with Crippen LogP contribution in [0.3, 0.4) is 0 Å². The summed E-state index contributed by atoms with van der Waals surface area (Å²) in [6, 6.07) is 23.4. The second-order valence-electron chi connectivity index (χ2n) is 9.34. The van der Waals surface area contributed by atoms with Crippen LogP contribution in [0.2, 0.25) is 0 Å². The highest BCUT2D eigenvalue weighted by Crippen LogP contribution is 2.31. The number of urea groups is 1. The summed E-state index contributed by atoms with van der Waals surface area (Å²) >= 11 is 1.17. The maximum absolute atomic E-state index is 13.4. The van der Waals surface area contributed by atoms with Gasteiger partial charge in [-0.1, -0.05) is 60.7 Å². The van der Waals surface area contributed by atoms with Crippen molar-refractivity contribution < 1.29 is 27.7 Å². The van der Waals surface area contributed by atoms with E-state index in [-0.39, 0.29) is 29.5 Å². The molecule has 0 spiro atoms. The molecule has 1 heterocycles. The Morgan fingerprint density at radius 1 is 0.976 bits per heavy atom. The zero-order valence-corrected chi connectivity index (χ0v) is 23.6. The Kier molecular flexibility index (Phi) is 9.71. The molecule has 0 unspecified atom stereocenters. The maximum Gasteiger partial charge on any atom is 0.323 e. The topological polar surface area (TPSA) is 163 Å². The van der Waals surface area contributed by atoms with Crippen molar-refractivity contribution in [2.75, 3.05) is 24.1 Å². The number of anilines is 2. The molecule has 0 saturated carbocycles. The van der Waals surface area contributed by atoms with Crippen LogP contribution in [0.5, 0.6) is 0 Å². The normalized spacial score (nSPS) is 11.4. The predicted molar refractivity (Wildman–Crippen MR) is 159 cm³/mol. The van der Waals surface area contributed by atoms with Crippen LogP contribution in [0.25, 0.3) is 11.3 Å². The van der Waals surface area contributed by atoms with Crippen molar-refractivity contribution in [3.63, 3.8) is 0 Å². The van der Waals surface area contributed by atoms with E-state index in [0.29, 0.717) is 35.8 Å². The molecule has 3 aromatic carbocycles. The van der Waals surface area contributed by atoms with Crippen LogP contribution in [0.4, 0.5) is 15.6 Å². The minimum atomic E-state index is -4.40. The second kappa shape index (κ2) is 13.4. The largest absolute Gasteiger partial charge is 0.481 e. The lowest BCUT2D eigenvalue weighted by atomic mass is 9.88. The third kappa shape index (κ3) is 8.13. The number of carbonyl (C=O) groups excluding carboxylic acids is 1. The molecule has 12 heteroatoms. The number of hydrogen-bond acceptors (Lipinski definition) is 7. The van der Waals surface area contributed by atoms with Crippen LogP contribution in [0.1, 0.15) is 36.3 Å². The molecule has 0 aliphatic heterocycles. The van der Waals surface area contributed by atoms with Gasteiger partial charge in [0.05, 0.1) is 10.6 Å². The number of aliphatic carboxylic acids is 1. The molecule has 4 aromatic rings. The van der Waals surface area contributed by atoms with E-state index in [4.69, 9.17) is 10.8 Å². The van der Waals surface area contributed by atoms with Gasteiger partial charge in [-0.15, -0.1) is 11.3 Å². The molecule has 0 bridgehead atoms. The van der Waals surface area contributed by atoms with E-state index in [2.05, 4.69) is 34.6 Å². The third-order valence-electron chi connectivity index (χ3n) is 6.51. The molecule has 4 rings (SSSR count). The molecule has 214 valence electrons. The van der Waals surface area contributed by atoms with Crippen molar-refractivity contribution in [2.24, 2.45) is 0 Å². The third-order valence-corrected chi connectivity index (χ3v) is 8.12. The molecular formula is C29H30N4O6S2. The lowest BCUT2D eigenvalue weighted by Crippen LogP contribution is -2.37. The molecule has 5 N–H and O–H groups in total. The lowest BCUT2D eigenvalue weighted by molar-refractivity contribution is -0.137. The van der Waals surface area contributed by atoms with E-state index < -0.39 is 22.1 Å².